The fraction of sp³-hybridized carbons (Fsp3) is 0.636. The summed E-state index contributed by atoms with van der Waals surface area (Å²) in [5.41, 5.74) is 10.1. The minimum Gasteiger partial charge on any atom is -0.394 e. The van der Waals surface area contributed by atoms with Gasteiger partial charge in [0.1, 0.15) is 0 Å². The van der Waals surface area contributed by atoms with Crippen molar-refractivity contribution >= 4 is 0 Å². The molecule has 144 valence electrons. The van der Waals surface area contributed by atoms with E-state index in [1.807, 2.05) is 19.1 Å². The number of benzene rings is 1. The highest BCUT2D eigenvalue weighted by Gasteiger charge is 2.36. The lowest BCUT2D eigenvalue weighted by Crippen LogP contribution is -2.40. The second kappa shape index (κ2) is 9.14. The Bertz CT molecular complexity index is 615. The molecule has 1 fully saturated rings. The van der Waals surface area contributed by atoms with Gasteiger partial charge in [-0.15, -0.1) is 0 Å². The lowest BCUT2D eigenvalue weighted by molar-refractivity contribution is 0.00491. The van der Waals surface area contributed by atoms with E-state index in [0.29, 0.717) is 31.8 Å². The van der Waals surface area contributed by atoms with Crippen molar-refractivity contribution in [2.45, 2.75) is 63.0 Å². The highest BCUT2D eigenvalue weighted by atomic mass is 16.5. The number of allylic oxidation sites excluding steroid dienone is 1. The van der Waals surface area contributed by atoms with E-state index < -0.39 is 0 Å². The molecule has 0 bridgehead atoms. The molecule has 0 aromatic heterocycles. The predicted molar refractivity (Wildman–Crippen MR) is 104 cm³/mol. The SMILES string of the molecule is C/C=C/COCCO[C@@H]1CCc2cc([C@H]3CC[C@](N)(CO)C3)ccc2C1. The van der Waals surface area contributed by atoms with Crippen LogP contribution in [0.15, 0.2) is 30.4 Å². The zero-order valence-corrected chi connectivity index (χ0v) is 16.0. The molecule has 3 N–H and O–H groups in total. The Morgan fingerprint density at radius 2 is 2.15 bits per heavy atom. The molecule has 0 aliphatic heterocycles. The van der Waals surface area contributed by atoms with Gasteiger partial charge in [0.2, 0.25) is 0 Å². The summed E-state index contributed by atoms with van der Waals surface area (Å²) in [6, 6.07) is 6.91. The maximum atomic E-state index is 9.49. The van der Waals surface area contributed by atoms with Crippen molar-refractivity contribution in [2.24, 2.45) is 5.73 Å². The van der Waals surface area contributed by atoms with E-state index in [0.717, 1.165) is 38.5 Å². The average molecular weight is 360 g/mol. The van der Waals surface area contributed by atoms with Crippen LogP contribution in [0.1, 0.15) is 55.2 Å². The van der Waals surface area contributed by atoms with Crippen molar-refractivity contribution in [1.29, 1.82) is 0 Å². The summed E-state index contributed by atoms with van der Waals surface area (Å²) >= 11 is 0. The van der Waals surface area contributed by atoms with Gasteiger partial charge in [-0.1, -0.05) is 30.4 Å². The van der Waals surface area contributed by atoms with Gasteiger partial charge >= 0.3 is 0 Å². The van der Waals surface area contributed by atoms with E-state index in [2.05, 4.69) is 18.2 Å². The second-order valence-electron chi connectivity index (χ2n) is 7.87. The summed E-state index contributed by atoms with van der Waals surface area (Å²) in [7, 11) is 0. The molecule has 4 nitrogen and oxygen atoms in total. The third-order valence-electron chi connectivity index (χ3n) is 5.87. The molecule has 3 atom stereocenters. The number of nitrogens with two attached hydrogens (primary N) is 1. The van der Waals surface area contributed by atoms with Crippen LogP contribution in [0.3, 0.4) is 0 Å². The van der Waals surface area contributed by atoms with E-state index in [1.54, 1.807) is 0 Å². The summed E-state index contributed by atoms with van der Waals surface area (Å²) in [6.07, 6.45) is 10.3. The molecule has 2 aliphatic carbocycles. The van der Waals surface area contributed by atoms with Crippen molar-refractivity contribution in [3.8, 4) is 0 Å². The zero-order valence-electron chi connectivity index (χ0n) is 16.0. The van der Waals surface area contributed by atoms with Crippen LogP contribution in [-0.2, 0) is 22.3 Å². The highest BCUT2D eigenvalue weighted by molar-refractivity contribution is 5.36. The van der Waals surface area contributed by atoms with Crippen LogP contribution in [0.2, 0.25) is 0 Å². The van der Waals surface area contributed by atoms with E-state index >= 15 is 0 Å². The minimum absolute atomic E-state index is 0.0892. The average Bonchev–Trinajstić information content (AvgIpc) is 3.07. The lowest BCUT2D eigenvalue weighted by Gasteiger charge is -2.26. The summed E-state index contributed by atoms with van der Waals surface area (Å²) in [6.45, 7) is 4.07. The van der Waals surface area contributed by atoms with Crippen molar-refractivity contribution in [1.82, 2.24) is 0 Å². The summed E-state index contributed by atoms with van der Waals surface area (Å²) in [5.74, 6) is 0.487. The topological polar surface area (TPSA) is 64.7 Å². The predicted octanol–water partition coefficient (Wildman–Crippen LogP) is 3.11. The molecular weight excluding hydrogens is 326 g/mol. The first-order valence-electron chi connectivity index (χ1n) is 9.95. The van der Waals surface area contributed by atoms with Gasteiger partial charge in [0.25, 0.3) is 0 Å². The van der Waals surface area contributed by atoms with Gasteiger partial charge in [-0.05, 0) is 68.1 Å². The molecule has 1 saturated carbocycles. The normalized spacial score (nSPS) is 28.6. The lowest BCUT2D eigenvalue weighted by atomic mass is 9.85. The van der Waals surface area contributed by atoms with Crippen molar-refractivity contribution < 1.29 is 14.6 Å². The fourth-order valence-corrected chi connectivity index (χ4v) is 4.24. The van der Waals surface area contributed by atoms with Gasteiger partial charge in [-0.3, -0.25) is 0 Å². The molecule has 0 amide bonds. The number of fused-ring (bicyclic) bond motifs is 1. The largest absolute Gasteiger partial charge is 0.394 e. The molecule has 4 heteroatoms. The van der Waals surface area contributed by atoms with Crippen molar-refractivity contribution in [3.05, 3.63) is 47.0 Å². The third-order valence-corrected chi connectivity index (χ3v) is 5.87. The first-order valence-corrected chi connectivity index (χ1v) is 9.95. The Balaban J connectivity index is 1.50. The van der Waals surface area contributed by atoms with Crippen LogP contribution in [0.4, 0.5) is 0 Å². The Kier molecular flexibility index (Phi) is 6.87. The van der Waals surface area contributed by atoms with E-state index in [-0.39, 0.29) is 12.1 Å². The maximum Gasteiger partial charge on any atom is 0.0704 e. The van der Waals surface area contributed by atoms with Gasteiger partial charge < -0.3 is 20.3 Å². The van der Waals surface area contributed by atoms with Crippen LogP contribution in [-0.4, -0.2) is 43.2 Å². The molecule has 0 saturated heterocycles. The van der Waals surface area contributed by atoms with Crippen molar-refractivity contribution in [3.63, 3.8) is 0 Å². The van der Waals surface area contributed by atoms with Gasteiger partial charge in [0.05, 0.1) is 32.5 Å². The third kappa shape index (κ3) is 4.95. The summed E-state index contributed by atoms with van der Waals surface area (Å²) in [4.78, 5) is 0. The first kappa shape index (κ1) is 19.6. The Labute approximate surface area is 157 Å². The highest BCUT2D eigenvalue weighted by Crippen LogP contribution is 2.40. The van der Waals surface area contributed by atoms with Gasteiger partial charge in [0.15, 0.2) is 0 Å². The molecule has 26 heavy (non-hydrogen) atoms. The number of aliphatic hydroxyl groups excluding tert-OH is 1. The number of aliphatic hydroxyl groups is 1. The zero-order chi connectivity index (χ0) is 18.4. The fourth-order valence-electron chi connectivity index (χ4n) is 4.24. The Morgan fingerprint density at radius 3 is 2.92 bits per heavy atom. The Hall–Kier alpha value is -1.20. The number of hydrogen-bond acceptors (Lipinski definition) is 4. The molecule has 3 rings (SSSR count). The van der Waals surface area contributed by atoms with Crippen LogP contribution in [0.5, 0.6) is 0 Å². The molecule has 0 radical (unpaired) electrons. The van der Waals surface area contributed by atoms with Crippen LogP contribution in [0.25, 0.3) is 0 Å². The quantitative estimate of drug-likeness (QED) is 0.553. The Morgan fingerprint density at radius 1 is 1.27 bits per heavy atom. The number of aryl methyl sites for hydroxylation is 1. The second-order valence-corrected chi connectivity index (χ2v) is 7.87. The number of ether oxygens (including phenoxy) is 2. The maximum absolute atomic E-state index is 9.49. The van der Waals surface area contributed by atoms with Gasteiger partial charge in [-0.25, -0.2) is 0 Å². The molecule has 1 aromatic carbocycles. The van der Waals surface area contributed by atoms with E-state index in [4.69, 9.17) is 15.2 Å². The standard InChI is InChI=1S/C22H33NO3/c1-2-3-10-25-11-12-26-21-7-6-17-13-18(4-5-19(17)14-21)20-8-9-22(23,15-20)16-24/h2-5,13,20-21,24H,6-12,14-16,23H2,1H3/b3-2+/t20-,21+,22+/m0/s1. The number of hydrogen-bond donors (Lipinski definition) is 2. The van der Waals surface area contributed by atoms with E-state index in [9.17, 15) is 5.11 Å². The van der Waals surface area contributed by atoms with Crippen molar-refractivity contribution in [2.75, 3.05) is 26.4 Å². The monoisotopic (exact) mass is 359 g/mol. The summed E-state index contributed by atoms with van der Waals surface area (Å²) in [5, 5.41) is 9.49. The van der Waals surface area contributed by atoms with Crippen LogP contribution >= 0.6 is 0 Å². The van der Waals surface area contributed by atoms with Gasteiger partial charge in [-0.2, -0.15) is 0 Å². The minimum atomic E-state index is -0.380. The van der Waals surface area contributed by atoms with Gasteiger partial charge in [0, 0.05) is 5.54 Å². The molecular formula is C22H33NO3. The molecule has 0 heterocycles. The first-order chi connectivity index (χ1) is 12.6. The molecule has 0 spiro atoms. The van der Waals surface area contributed by atoms with E-state index in [1.165, 1.54) is 16.7 Å². The van der Waals surface area contributed by atoms with Crippen LogP contribution < -0.4 is 5.73 Å². The summed E-state index contributed by atoms with van der Waals surface area (Å²) < 4.78 is 11.5. The molecule has 1 aromatic rings. The number of rotatable bonds is 8. The molecule has 0 unspecified atom stereocenters. The smallest absolute Gasteiger partial charge is 0.0704 e. The van der Waals surface area contributed by atoms with Crippen LogP contribution in [0, 0.1) is 0 Å². The molecule has 2 aliphatic rings.